The quantitative estimate of drug-likeness (QED) is 0.590. The van der Waals surface area contributed by atoms with Crippen molar-refractivity contribution >= 4 is 10.9 Å². The van der Waals surface area contributed by atoms with Gasteiger partial charge in [0.05, 0.1) is 5.52 Å². The fourth-order valence-corrected chi connectivity index (χ4v) is 1.81. The van der Waals surface area contributed by atoms with E-state index < -0.39 is 5.69 Å². The van der Waals surface area contributed by atoms with Crippen molar-refractivity contribution in [1.29, 1.82) is 0 Å². The van der Waals surface area contributed by atoms with Crippen LogP contribution in [0.1, 0.15) is 0 Å². The zero-order valence-electron chi connectivity index (χ0n) is 8.77. The van der Waals surface area contributed by atoms with Crippen molar-refractivity contribution in [3.63, 3.8) is 0 Å². The van der Waals surface area contributed by atoms with Crippen LogP contribution in [0.2, 0.25) is 0 Å². The SMILES string of the molecule is O=c1[nH]c(O)c(-c2ccc3ncccc3c2)[nH]1. The lowest BCUT2D eigenvalue weighted by Crippen LogP contribution is -2.00. The van der Waals surface area contributed by atoms with Crippen molar-refractivity contribution in [1.82, 2.24) is 15.0 Å². The molecule has 0 fully saturated rings. The molecular formula is C12H9N3O2. The number of hydrogen-bond donors (Lipinski definition) is 3. The number of rotatable bonds is 1. The Hall–Kier alpha value is -2.56. The number of fused-ring (bicyclic) bond motifs is 1. The molecule has 0 saturated carbocycles. The standard InChI is InChI=1S/C12H9N3O2/c16-11-10(14-12(17)15-11)8-3-4-9-7(6-8)2-1-5-13-9/h1-6,16H,(H2,14,15,17). The maximum Gasteiger partial charge on any atom is 0.326 e. The highest BCUT2D eigenvalue weighted by Gasteiger charge is 2.08. The topological polar surface area (TPSA) is 81.8 Å². The van der Waals surface area contributed by atoms with E-state index in [2.05, 4.69) is 15.0 Å². The molecule has 3 aromatic rings. The van der Waals surface area contributed by atoms with Crippen LogP contribution in [0.15, 0.2) is 41.3 Å². The summed E-state index contributed by atoms with van der Waals surface area (Å²) in [5.41, 5.74) is 1.57. The number of pyridine rings is 1. The molecule has 0 radical (unpaired) electrons. The number of aromatic nitrogens is 3. The summed E-state index contributed by atoms with van der Waals surface area (Å²) in [5, 5.41) is 10.5. The molecule has 0 aliphatic heterocycles. The zero-order valence-corrected chi connectivity index (χ0v) is 8.77. The van der Waals surface area contributed by atoms with E-state index in [0.717, 1.165) is 16.5 Å². The summed E-state index contributed by atoms with van der Waals surface area (Å²) < 4.78 is 0. The van der Waals surface area contributed by atoms with E-state index in [1.165, 1.54) is 0 Å². The number of aromatic amines is 2. The third kappa shape index (κ3) is 1.57. The zero-order chi connectivity index (χ0) is 11.8. The summed E-state index contributed by atoms with van der Waals surface area (Å²) in [6.45, 7) is 0. The van der Waals surface area contributed by atoms with Gasteiger partial charge in [-0.1, -0.05) is 12.1 Å². The van der Waals surface area contributed by atoms with Crippen molar-refractivity contribution < 1.29 is 5.11 Å². The fourth-order valence-electron chi connectivity index (χ4n) is 1.81. The second-order valence-corrected chi connectivity index (χ2v) is 3.71. The highest BCUT2D eigenvalue weighted by molar-refractivity contribution is 5.84. The van der Waals surface area contributed by atoms with Gasteiger partial charge in [-0.05, 0) is 18.2 Å². The Labute approximate surface area is 95.8 Å². The summed E-state index contributed by atoms with van der Waals surface area (Å²) >= 11 is 0. The lowest BCUT2D eigenvalue weighted by Gasteiger charge is -2.01. The highest BCUT2D eigenvalue weighted by Crippen LogP contribution is 2.26. The Morgan fingerprint density at radius 3 is 2.82 bits per heavy atom. The molecule has 17 heavy (non-hydrogen) atoms. The van der Waals surface area contributed by atoms with E-state index in [-0.39, 0.29) is 5.88 Å². The van der Waals surface area contributed by atoms with E-state index in [9.17, 15) is 9.90 Å². The summed E-state index contributed by atoms with van der Waals surface area (Å²) in [6, 6.07) is 9.27. The van der Waals surface area contributed by atoms with Crippen LogP contribution in [-0.4, -0.2) is 20.1 Å². The lowest BCUT2D eigenvalue weighted by molar-refractivity contribution is 0.457. The van der Waals surface area contributed by atoms with Crippen LogP contribution < -0.4 is 5.69 Å². The number of imidazole rings is 1. The number of benzene rings is 1. The van der Waals surface area contributed by atoms with Gasteiger partial charge in [0.1, 0.15) is 5.69 Å². The number of nitrogens with zero attached hydrogens (tertiary/aromatic N) is 1. The molecule has 3 N–H and O–H groups in total. The molecule has 0 saturated heterocycles. The molecule has 0 unspecified atom stereocenters. The molecule has 0 spiro atoms. The largest absolute Gasteiger partial charge is 0.493 e. The Kier molecular flexibility index (Phi) is 1.98. The van der Waals surface area contributed by atoms with Gasteiger partial charge in [0.25, 0.3) is 0 Å². The minimum Gasteiger partial charge on any atom is -0.493 e. The summed E-state index contributed by atoms with van der Waals surface area (Å²) in [5.74, 6) is -0.154. The molecule has 1 aromatic carbocycles. The van der Waals surface area contributed by atoms with E-state index >= 15 is 0 Å². The summed E-state index contributed by atoms with van der Waals surface area (Å²) in [6.07, 6.45) is 1.72. The van der Waals surface area contributed by atoms with Gasteiger partial charge in [-0.15, -0.1) is 0 Å². The maximum atomic E-state index is 11.1. The smallest absolute Gasteiger partial charge is 0.326 e. The molecular weight excluding hydrogens is 218 g/mol. The van der Waals surface area contributed by atoms with Crippen LogP contribution in [0, 0.1) is 0 Å². The van der Waals surface area contributed by atoms with Crippen molar-refractivity contribution in [2.75, 3.05) is 0 Å². The lowest BCUT2D eigenvalue weighted by atomic mass is 10.1. The van der Waals surface area contributed by atoms with Crippen molar-refractivity contribution in [3.8, 4) is 17.1 Å². The Morgan fingerprint density at radius 2 is 2.06 bits per heavy atom. The van der Waals surface area contributed by atoms with Gasteiger partial charge in [-0.2, -0.15) is 0 Å². The van der Waals surface area contributed by atoms with Crippen molar-refractivity contribution in [3.05, 3.63) is 47.0 Å². The van der Waals surface area contributed by atoms with Gasteiger partial charge >= 0.3 is 5.69 Å². The average Bonchev–Trinajstić information content (AvgIpc) is 2.68. The van der Waals surface area contributed by atoms with Crippen molar-refractivity contribution in [2.45, 2.75) is 0 Å². The molecule has 0 bridgehead atoms. The van der Waals surface area contributed by atoms with Crippen LogP contribution in [-0.2, 0) is 0 Å². The van der Waals surface area contributed by atoms with E-state index in [1.807, 2.05) is 24.3 Å². The molecule has 84 valence electrons. The number of aromatic hydroxyl groups is 1. The first kappa shape index (κ1) is 9.65. The van der Waals surface area contributed by atoms with Gasteiger partial charge in [-0.3, -0.25) is 9.97 Å². The van der Waals surface area contributed by atoms with Gasteiger partial charge in [-0.25, -0.2) is 4.79 Å². The molecule has 0 amide bonds. The summed E-state index contributed by atoms with van der Waals surface area (Å²) in [4.78, 5) is 20.1. The molecule has 5 nitrogen and oxygen atoms in total. The van der Waals surface area contributed by atoms with Gasteiger partial charge in [0.15, 0.2) is 0 Å². The maximum absolute atomic E-state index is 11.1. The molecule has 0 aliphatic rings. The van der Waals surface area contributed by atoms with Gasteiger partial charge < -0.3 is 10.1 Å². The van der Waals surface area contributed by atoms with E-state index in [4.69, 9.17) is 0 Å². The predicted molar refractivity (Wildman–Crippen MR) is 63.8 cm³/mol. The minimum atomic E-state index is -0.427. The van der Waals surface area contributed by atoms with Crippen LogP contribution in [0.25, 0.3) is 22.2 Å². The fraction of sp³-hybridized carbons (Fsp3) is 0. The van der Waals surface area contributed by atoms with E-state index in [1.54, 1.807) is 12.3 Å². The first-order valence-electron chi connectivity index (χ1n) is 5.10. The first-order chi connectivity index (χ1) is 8.24. The number of hydrogen-bond acceptors (Lipinski definition) is 3. The van der Waals surface area contributed by atoms with E-state index in [0.29, 0.717) is 5.69 Å². The predicted octanol–water partition coefficient (Wildman–Crippen LogP) is 1.62. The second-order valence-electron chi connectivity index (χ2n) is 3.71. The summed E-state index contributed by atoms with van der Waals surface area (Å²) in [7, 11) is 0. The minimum absolute atomic E-state index is 0.154. The molecule has 0 atom stereocenters. The van der Waals surface area contributed by atoms with Crippen LogP contribution in [0.5, 0.6) is 5.88 Å². The van der Waals surface area contributed by atoms with Crippen LogP contribution >= 0.6 is 0 Å². The third-order valence-electron chi connectivity index (χ3n) is 2.60. The molecule has 2 aromatic heterocycles. The Balaban J connectivity index is 2.24. The second kappa shape index (κ2) is 3.48. The normalized spacial score (nSPS) is 10.8. The van der Waals surface area contributed by atoms with Crippen LogP contribution in [0.3, 0.4) is 0 Å². The first-order valence-corrected chi connectivity index (χ1v) is 5.10. The van der Waals surface area contributed by atoms with Crippen molar-refractivity contribution in [2.24, 2.45) is 0 Å². The highest BCUT2D eigenvalue weighted by atomic mass is 16.3. The molecule has 0 aliphatic carbocycles. The van der Waals surface area contributed by atoms with Gasteiger partial charge in [0, 0.05) is 17.1 Å². The number of nitrogens with one attached hydrogen (secondary N) is 2. The van der Waals surface area contributed by atoms with Gasteiger partial charge in [0.2, 0.25) is 5.88 Å². The third-order valence-corrected chi connectivity index (χ3v) is 2.60. The molecule has 2 heterocycles. The molecule has 3 rings (SSSR count). The monoisotopic (exact) mass is 227 g/mol. The van der Waals surface area contributed by atoms with Crippen LogP contribution in [0.4, 0.5) is 0 Å². The number of H-pyrrole nitrogens is 2. The molecule has 5 heteroatoms. The average molecular weight is 227 g/mol. The Bertz CT molecular complexity index is 743. The Morgan fingerprint density at radius 1 is 1.18 bits per heavy atom.